The van der Waals surface area contributed by atoms with Crippen molar-refractivity contribution in [1.82, 2.24) is 15.2 Å². The van der Waals surface area contributed by atoms with Crippen LogP contribution in [0.25, 0.3) is 11.1 Å². The SMILES string of the molecule is O=C(O)CC1CCCN1C(=O)c1csc(CNC(=O)OCC2c3ccccc3-c3ccccc32)n1. The topological polar surface area (TPSA) is 109 Å². The Balaban J connectivity index is 1.16. The van der Waals surface area contributed by atoms with E-state index >= 15 is 0 Å². The van der Waals surface area contributed by atoms with Crippen LogP contribution in [0.5, 0.6) is 0 Å². The van der Waals surface area contributed by atoms with Gasteiger partial charge in [-0.3, -0.25) is 9.59 Å². The average Bonchev–Trinajstić information content (AvgIpc) is 3.59. The Morgan fingerprint density at radius 1 is 1.09 bits per heavy atom. The number of ether oxygens (including phenoxy) is 1. The number of likely N-dealkylation sites (tertiary alicyclic amines) is 1. The lowest BCUT2D eigenvalue weighted by molar-refractivity contribution is -0.137. The third-order valence-corrected chi connectivity index (χ3v) is 7.40. The smallest absolute Gasteiger partial charge is 0.407 e. The monoisotopic (exact) mass is 491 g/mol. The number of alkyl carbamates (subject to hydrolysis) is 1. The van der Waals surface area contributed by atoms with Crippen LogP contribution >= 0.6 is 11.3 Å². The third-order valence-electron chi connectivity index (χ3n) is 6.55. The van der Waals surface area contributed by atoms with Crippen LogP contribution in [-0.2, 0) is 16.1 Å². The van der Waals surface area contributed by atoms with Crippen LogP contribution in [0.15, 0.2) is 53.9 Å². The van der Waals surface area contributed by atoms with E-state index in [2.05, 4.69) is 34.6 Å². The number of hydrogen-bond acceptors (Lipinski definition) is 6. The van der Waals surface area contributed by atoms with E-state index in [0.29, 0.717) is 18.0 Å². The van der Waals surface area contributed by atoms with Gasteiger partial charge in [-0.1, -0.05) is 48.5 Å². The predicted molar refractivity (Wildman–Crippen MR) is 130 cm³/mol. The molecule has 0 bridgehead atoms. The molecular weight excluding hydrogens is 466 g/mol. The zero-order chi connectivity index (χ0) is 24.4. The van der Waals surface area contributed by atoms with Crippen LogP contribution in [0.1, 0.15) is 51.8 Å². The molecule has 0 spiro atoms. The second kappa shape index (κ2) is 9.87. The van der Waals surface area contributed by atoms with Crippen molar-refractivity contribution < 1.29 is 24.2 Å². The highest BCUT2D eigenvalue weighted by Crippen LogP contribution is 2.44. The number of carbonyl (C=O) groups excluding carboxylic acids is 2. The minimum atomic E-state index is -0.916. The summed E-state index contributed by atoms with van der Waals surface area (Å²) in [5.41, 5.74) is 4.90. The first-order chi connectivity index (χ1) is 17.0. The van der Waals surface area contributed by atoms with E-state index in [9.17, 15) is 14.4 Å². The Hall–Kier alpha value is -3.72. The zero-order valence-corrected chi connectivity index (χ0v) is 19.8. The molecule has 1 atom stereocenters. The van der Waals surface area contributed by atoms with Crippen LogP contribution in [0, 0.1) is 0 Å². The summed E-state index contributed by atoms with van der Waals surface area (Å²) in [6.45, 7) is 0.899. The molecule has 1 aliphatic carbocycles. The highest BCUT2D eigenvalue weighted by atomic mass is 32.1. The van der Waals surface area contributed by atoms with E-state index < -0.39 is 12.1 Å². The number of aromatic nitrogens is 1. The molecule has 1 aromatic heterocycles. The lowest BCUT2D eigenvalue weighted by Crippen LogP contribution is -2.37. The summed E-state index contributed by atoms with van der Waals surface area (Å²) < 4.78 is 5.54. The Morgan fingerprint density at radius 3 is 2.46 bits per heavy atom. The number of carboxylic acids is 1. The van der Waals surface area contributed by atoms with Gasteiger partial charge < -0.3 is 20.1 Å². The average molecular weight is 492 g/mol. The number of nitrogens with zero attached hydrogens (tertiary/aromatic N) is 2. The van der Waals surface area contributed by atoms with Gasteiger partial charge >= 0.3 is 12.1 Å². The Morgan fingerprint density at radius 2 is 1.77 bits per heavy atom. The molecule has 2 amide bonds. The zero-order valence-electron chi connectivity index (χ0n) is 19.0. The van der Waals surface area contributed by atoms with Gasteiger partial charge in [-0.25, -0.2) is 9.78 Å². The van der Waals surface area contributed by atoms with Gasteiger partial charge in [0.2, 0.25) is 0 Å². The lowest BCUT2D eigenvalue weighted by Gasteiger charge is -2.22. The largest absolute Gasteiger partial charge is 0.481 e. The van der Waals surface area contributed by atoms with E-state index in [1.54, 1.807) is 10.3 Å². The number of fused-ring (bicyclic) bond motifs is 3. The molecule has 2 N–H and O–H groups in total. The quantitative estimate of drug-likeness (QED) is 0.511. The molecule has 0 radical (unpaired) electrons. The maximum absolute atomic E-state index is 12.8. The van der Waals surface area contributed by atoms with Gasteiger partial charge in [0.25, 0.3) is 5.91 Å². The van der Waals surface area contributed by atoms with Crippen molar-refractivity contribution in [3.8, 4) is 11.1 Å². The van der Waals surface area contributed by atoms with E-state index in [1.807, 2.05) is 24.3 Å². The van der Waals surface area contributed by atoms with Crippen LogP contribution in [0.4, 0.5) is 4.79 Å². The second-order valence-corrected chi connectivity index (χ2v) is 9.64. The lowest BCUT2D eigenvalue weighted by atomic mass is 9.98. The number of nitrogens with one attached hydrogen (secondary N) is 1. The van der Waals surface area contributed by atoms with E-state index in [-0.39, 0.29) is 43.1 Å². The molecule has 1 unspecified atom stereocenters. The molecule has 9 heteroatoms. The van der Waals surface area contributed by atoms with Crippen molar-refractivity contribution in [3.63, 3.8) is 0 Å². The Labute approximate surface area is 206 Å². The van der Waals surface area contributed by atoms with E-state index in [4.69, 9.17) is 9.84 Å². The van der Waals surface area contributed by atoms with Crippen LogP contribution in [-0.4, -0.2) is 52.2 Å². The molecule has 0 saturated carbocycles. The molecule has 2 aliphatic rings. The molecular formula is C26H25N3O5S. The van der Waals surface area contributed by atoms with E-state index in [0.717, 1.165) is 17.5 Å². The van der Waals surface area contributed by atoms with Crippen molar-refractivity contribution in [1.29, 1.82) is 0 Å². The third kappa shape index (κ3) is 4.77. The molecule has 8 nitrogen and oxygen atoms in total. The summed E-state index contributed by atoms with van der Waals surface area (Å²) in [5.74, 6) is -1.20. The number of aliphatic carboxylic acids is 1. The summed E-state index contributed by atoms with van der Waals surface area (Å²) in [6, 6.07) is 16.0. The number of rotatable bonds is 7. The number of carboxylic acid groups (broad SMARTS) is 1. The van der Waals surface area contributed by atoms with Gasteiger partial charge in [0.05, 0.1) is 13.0 Å². The van der Waals surface area contributed by atoms with Crippen molar-refractivity contribution in [2.24, 2.45) is 0 Å². The maximum atomic E-state index is 12.8. The molecule has 1 fully saturated rings. The fourth-order valence-electron chi connectivity index (χ4n) is 4.95. The summed E-state index contributed by atoms with van der Waals surface area (Å²) >= 11 is 1.27. The summed E-state index contributed by atoms with van der Waals surface area (Å²) in [4.78, 5) is 42.2. The van der Waals surface area contributed by atoms with Gasteiger partial charge in [0, 0.05) is 23.9 Å². The second-order valence-electron chi connectivity index (χ2n) is 8.70. The Bertz CT molecular complexity index is 1230. The van der Waals surface area contributed by atoms with Gasteiger partial charge in [-0.15, -0.1) is 11.3 Å². The normalized spacial score (nSPS) is 16.6. The van der Waals surface area contributed by atoms with Crippen molar-refractivity contribution in [2.45, 2.75) is 37.8 Å². The number of thiazole rings is 1. The van der Waals surface area contributed by atoms with Crippen molar-refractivity contribution in [2.75, 3.05) is 13.2 Å². The highest BCUT2D eigenvalue weighted by molar-refractivity contribution is 7.09. The van der Waals surface area contributed by atoms with E-state index in [1.165, 1.54) is 22.5 Å². The van der Waals surface area contributed by atoms with Crippen LogP contribution < -0.4 is 5.32 Å². The van der Waals surface area contributed by atoms with Crippen LogP contribution in [0.3, 0.4) is 0 Å². The standard InChI is InChI=1S/C26H25N3O5S/c30-24(31)12-16-6-5-11-29(16)25(32)22-15-35-23(28-22)13-27-26(33)34-14-21-19-9-3-1-7-17(19)18-8-2-4-10-20(18)21/h1-4,7-10,15-16,21H,5-6,11-14H2,(H,27,33)(H,30,31). The minimum Gasteiger partial charge on any atom is -0.481 e. The predicted octanol–water partition coefficient (Wildman–Crippen LogP) is 4.26. The number of hydrogen-bond donors (Lipinski definition) is 2. The first kappa shape index (κ1) is 23.0. The van der Waals surface area contributed by atoms with Crippen LogP contribution in [0.2, 0.25) is 0 Å². The summed E-state index contributed by atoms with van der Waals surface area (Å²) in [6.07, 6.45) is 0.852. The highest BCUT2D eigenvalue weighted by Gasteiger charge is 2.32. The molecule has 2 aromatic carbocycles. The molecule has 2 heterocycles. The molecule has 5 rings (SSSR count). The summed E-state index contributed by atoms with van der Waals surface area (Å²) in [5, 5.41) is 14.0. The molecule has 180 valence electrons. The van der Waals surface area contributed by atoms with Crippen molar-refractivity contribution in [3.05, 3.63) is 75.7 Å². The first-order valence-corrected chi connectivity index (χ1v) is 12.4. The van der Waals surface area contributed by atoms with Crippen molar-refractivity contribution >= 4 is 29.3 Å². The fraction of sp³-hybridized carbons (Fsp3) is 0.308. The maximum Gasteiger partial charge on any atom is 0.407 e. The van der Waals surface area contributed by atoms with Gasteiger partial charge in [0.1, 0.15) is 17.3 Å². The Kier molecular flexibility index (Phi) is 6.50. The van der Waals surface area contributed by atoms with Gasteiger partial charge in [-0.05, 0) is 35.1 Å². The first-order valence-electron chi connectivity index (χ1n) is 11.6. The van der Waals surface area contributed by atoms with Gasteiger partial charge in [-0.2, -0.15) is 0 Å². The molecule has 3 aromatic rings. The molecule has 35 heavy (non-hydrogen) atoms. The number of carbonyl (C=O) groups is 3. The number of amides is 2. The number of benzene rings is 2. The minimum absolute atomic E-state index is 0.0172. The molecule has 1 aliphatic heterocycles. The van der Waals surface area contributed by atoms with Gasteiger partial charge in [0.15, 0.2) is 0 Å². The molecule has 1 saturated heterocycles. The fourth-order valence-corrected chi connectivity index (χ4v) is 5.66. The summed E-state index contributed by atoms with van der Waals surface area (Å²) in [7, 11) is 0.